The lowest BCUT2D eigenvalue weighted by Gasteiger charge is -2.06. The number of unbranched alkanes of at least 4 members (excludes halogenated alkanes) is 1. The maximum atomic E-state index is 3.67. The number of alkyl halides is 1. The summed E-state index contributed by atoms with van der Waals surface area (Å²) in [6, 6.07) is 8.91. The number of hydrogen-bond acceptors (Lipinski definition) is 0. The molecule has 0 aliphatic carbocycles. The Morgan fingerprint density at radius 3 is 2.40 bits per heavy atom. The van der Waals surface area contributed by atoms with Crippen LogP contribution in [0.25, 0.3) is 0 Å². The Labute approximate surface area is 102 Å². The second-order valence-corrected chi connectivity index (χ2v) is 5.53. The molecule has 1 aromatic carbocycles. The highest BCUT2D eigenvalue weighted by Gasteiger charge is 2.00. The lowest BCUT2D eigenvalue weighted by molar-refractivity contribution is 0.650. The van der Waals surface area contributed by atoms with Crippen molar-refractivity contribution in [1.29, 1.82) is 0 Å². The number of benzene rings is 1. The van der Waals surface area contributed by atoms with Crippen molar-refractivity contribution in [2.75, 3.05) is 0 Å². The molecule has 1 atom stereocenters. The average Bonchev–Trinajstić information content (AvgIpc) is 2.26. The van der Waals surface area contributed by atoms with Gasteiger partial charge in [-0.1, -0.05) is 59.1 Å². The zero-order valence-corrected chi connectivity index (χ0v) is 11.4. The quantitative estimate of drug-likeness (QED) is 0.510. The van der Waals surface area contributed by atoms with Gasteiger partial charge in [-0.25, -0.2) is 0 Å². The maximum Gasteiger partial charge on any atom is 0.0143 e. The molecule has 0 bridgehead atoms. The summed E-state index contributed by atoms with van der Waals surface area (Å²) in [5.74, 6) is 0. The third-order valence-corrected chi connectivity index (χ3v) is 3.90. The van der Waals surface area contributed by atoms with E-state index in [9.17, 15) is 0 Å². The van der Waals surface area contributed by atoms with Crippen molar-refractivity contribution in [3.8, 4) is 0 Å². The van der Waals surface area contributed by atoms with Crippen molar-refractivity contribution in [1.82, 2.24) is 0 Å². The van der Waals surface area contributed by atoms with Gasteiger partial charge in [0.25, 0.3) is 0 Å². The summed E-state index contributed by atoms with van der Waals surface area (Å²) in [5.41, 5.74) is 2.83. The standard InChI is InChI=1S/C14H21Br/c1-3-14(15)7-5-4-6-13-10-8-12(2)9-11-13/h8-11,14H,3-7H2,1-2H3. The summed E-state index contributed by atoms with van der Waals surface area (Å²) in [5, 5.41) is 0. The predicted molar refractivity (Wildman–Crippen MR) is 71.7 cm³/mol. The van der Waals surface area contributed by atoms with E-state index in [0.717, 1.165) is 4.83 Å². The monoisotopic (exact) mass is 268 g/mol. The lowest BCUT2D eigenvalue weighted by Crippen LogP contribution is -1.95. The molecule has 0 heterocycles. The fourth-order valence-corrected chi connectivity index (χ4v) is 1.98. The predicted octanol–water partition coefficient (Wildman–Crippen LogP) is 4.88. The van der Waals surface area contributed by atoms with Crippen molar-refractivity contribution in [3.63, 3.8) is 0 Å². The average molecular weight is 269 g/mol. The molecule has 0 saturated carbocycles. The molecule has 0 saturated heterocycles. The van der Waals surface area contributed by atoms with Crippen LogP contribution in [-0.4, -0.2) is 4.83 Å². The molecule has 0 aliphatic rings. The third-order valence-electron chi connectivity index (χ3n) is 2.80. The molecule has 0 N–H and O–H groups in total. The largest absolute Gasteiger partial charge is 0.0891 e. The smallest absolute Gasteiger partial charge is 0.0143 e. The SMILES string of the molecule is CCC(Br)CCCCc1ccc(C)cc1. The van der Waals surface area contributed by atoms with E-state index < -0.39 is 0 Å². The molecule has 1 heteroatoms. The molecule has 0 aromatic heterocycles. The Hall–Kier alpha value is -0.300. The minimum atomic E-state index is 0.718. The van der Waals surface area contributed by atoms with Gasteiger partial charge in [0.1, 0.15) is 0 Å². The van der Waals surface area contributed by atoms with Gasteiger partial charge in [0.05, 0.1) is 0 Å². The highest BCUT2D eigenvalue weighted by molar-refractivity contribution is 9.09. The van der Waals surface area contributed by atoms with E-state index in [1.54, 1.807) is 0 Å². The third kappa shape index (κ3) is 5.36. The summed E-state index contributed by atoms with van der Waals surface area (Å²) < 4.78 is 0. The normalized spacial score (nSPS) is 12.7. The van der Waals surface area contributed by atoms with Crippen molar-refractivity contribution >= 4 is 15.9 Å². The van der Waals surface area contributed by atoms with E-state index in [1.165, 1.54) is 43.2 Å². The second-order valence-electron chi connectivity index (χ2n) is 4.24. The summed E-state index contributed by atoms with van der Waals surface area (Å²) in [7, 11) is 0. The zero-order chi connectivity index (χ0) is 11.1. The van der Waals surface area contributed by atoms with Gasteiger partial charge in [-0.15, -0.1) is 0 Å². The Morgan fingerprint density at radius 2 is 1.80 bits per heavy atom. The van der Waals surface area contributed by atoms with E-state index in [0.29, 0.717) is 0 Å². The molecule has 0 radical (unpaired) electrons. The van der Waals surface area contributed by atoms with Crippen LogP contribution >= 0.6 is 15.9 Å². The van der Waals surface area contributed by atoms with Crippen molar-refractivity contribution in [3.05, 3.63) is 35.4 Å². The van der Waals surface area contributed by atoms with Crippen LogP contribution in [0.1, 0.15) is 43.7 Å². The Balaban J connectivity index is 2.17. The molecule has 0 amide bonds. The maximum absolute atomic E-state index is 3.67. The Morgan fingerprint density at radius 1 is 1.13 bits per heavy atom. The first-order valence-corrected chi connectivity index (χ1v) is 6.83. The fourth-order valence-electron chi connectivity index (χ4n) is 1.65. The minimum absolute atomic E-state index is 0.718. The topological polar surface area (TPSA) is 0 Å². The molecule has 1 rings (SSSR count). The summed E-state index contributed by atoms with van der Waals surface area (Å²) in [4.78, 5) is 0.718. The molecule has 0 fully saturated rings. The van der Waals surface area contributed by atoms with Gasteiger partial charge in [-0.2, -0.15) is 0 Å². The highest BCUT2D eigenvalue weighted by atomic mass is 79.9. The van der Waals surface area contributed by atoms with Crippen LogP contribution in [-0.2, 0) is 6.42 Å². The van der Waals surface area contributed by atoms with Crippen LogP contribution in [0.2, 0.25) is 0 Å². The minimum Gasteiger partial charge on any atom is -0.0891 e. The first-order chi connectivity index (χ1) is 7.22. The molecule has 15 heavy (non-hydrogen) atoms. The van der Waals surface area contributed by atoms with E-state index in [4.69, 9.17) is 0 Å². The summed E-state index contributed by atoms with van der Waals surface area (Å²) >= 11 is 3.67. The number of rotatable bonds is 6. The van der Waals surface area contributed by atoms with Crippen LogP contribution in [0, 0.1) is 6.92 Å². The molecule has 0 aliphatic heterocycles. The molecule has 1 aromatic rings. The fraction of sp³-hybridized carbons (Fsp3) is 0.571. The van der Waals surface area contributed by atoms with Crippen molar-refractivity contribution in [2.45, 2.75) is 50.8 Å². The second kappa shape index (κ2) is 7.05. The number of halogens is 1. The van der Waals surface area contributed by atoms with Crippen molar-refractivity contribution < 1.29 is 0 Å². The van der Waals surface area contributed by atoms with Crippen molar-refractivity contribution in [2.24, 2.45) is 0 Å². The van der Waals surface area contributed by atoms with Gasteiger partial charge < -0.3 is 0 Å². The van der Waals surface area contributed by atoms with Gasteiger partial charge in [-0.3, -0.25) is 0 Å². The van der Waals surface area contributed by atoms with Crippen LogP contribution in [0.4, 0.5) is 0 Å². The molecular formula is C14H21Br. The van der Waals surface area contributed by atoms with Crippen LogP contribution < -0.4 is 0 Å². The molecular weight excluding hydrogens is 248 g/mol. The number of hydrogen-bond donors (Lipinski definition) is 0. The van der Waals surface area contributed by atoms with Crippen LogP contribution in [0.3, 0.4) is 0 Å². The van der Waals surface area contributed by atoms with Crippen LogP contribution in [0.15, 0.2) is 24.3 Å². The molecule has 0 spiro atoms. The van der Waals surface area contributed by atoms with E-state index in [1.807, 2.05) is 0 Å². The lowest BCUT2D eigenvalue weighted by atomic mass is 10.0. The highest BCUT2D eigenvalue weighted by Crippen LogP contribution is 2.15. The van der Waals surface area contributed by atoms with Gasteiger partial charge >= 0.3 is 0 Å². The zero-order valence-electron chi connectivity index (χ0n) is 9.80. The van der Waals surface area contributed by atoms with Gasteiger partial charge in [0.2, 0.25) is 0 Å². The van der Waals surface area contributed by atoms with Gasteiger partial charge in [-0.05, 0) is 38.2 Å². The van der Waals surface area contributed by atoms with Gasteiger partial charge in [0, 0.05) is 4.83 Å². The summed E-state index contributed by atoms with van der Waals surface area (Å²) in [6.45, 7) is 4.37. The van der Waals surface area contributed by atoms with E-state index >= 15 is 0 Å². The Bertz CT molecular complexity index is 263. The molecule has 84 valence electrons. The first-order valence-electron chi connectivity index (χ1n) is 5.92. The van der Waals surface area contributed by atoms with E-state index in [-0.39, 0.29) is 0 Å². The van der Waals surface area contributed by atoms with E-state index in [2.05, 4.69) is 54.0 Å². The number of aryl methyl sites for hydroxylation is 2. The van der Waals surface area contributed by atoms with Crippen LogP contribution in [0.5, 0.6) is 0 Å². The molecule has 1 unspecified atom stereocenters. The Kier molecular flexibility index (Phi) is 6.00. The first kappa shape index (κ1) is 12.8. The molecule has 0 nitrogen and oxygen atoms in total. The summed E-state index contributed by atoms with van der Waals surface area (Å²) in [6.07, 6.45) is 6.42. The van der Waals surface area contributed by atoms with Gasteiger partial charge in [0.15, 0.2) is 0 Å².